The molecule has 2 rings (SSSR count). The number of morpholine rings is 1. The maximum Gasteiger partial charge on any atom is 0.322 e. The number of carboxylic acid groups (broad SMARTS) is 1. The Kier molecular flexibility index (Phi) is 5.27. The average Bonchev–Trinajstić information content (AvgIpc) is 2.37. The highest BCUT2D eigenvalue weighted by molar-refractivity contribution is 6.35. The molecule has 114 valence electrons. The normalized spacial score (nSPS) is 18.4. The van der Waals surface area contributed by atoms with Gasteiger partial charge in [0.1, 0.15) is 0 Å². The van der Waals surface area contributed by atoms with E-state index in [1.165, 1.54) is 4.90 Å². The van der Waals surface area contributed by atoms with Gasteiger partial charge in [-0.2, -0.15) is 0 Å². The zero-order chi connectivity index (χ0) is 15.4. The zero-order valence-electron chi connectivity index (χ0n) is 11.0. The lowest BCUT2D eigenvalue weighted by atomic mass is 10.1. The Hall–Kier alpha value is -1.50. The lowest BCUT2D eigenvalue weighted by Gasteiger charge is -2.34. The third-order valence-corrected chi connectivity index (χ3v) is 3.45. The minimum atomic E-state index is -0.978. The van der Waals surface area contributed by atoms with E-state index in [2.05, 4.69) is 5.32 Å². The Morgan fingerprint density at radius 1 is 1.33 bits per heavy atom. The molecule has 1 heterocycles. The number of hydrogen-bond acceptors (Lipinski definition) is 3. The van der Waals surface area contributed by atoms with E-state index in [-0.39, 0.29) is 13.0 Å². The van der Waals surface area contributed by atoms with Crippen LogP contribution in [0.4, 0.5) is 10.5 Å². The lowest BCUT2D eigenvalue weighted by molar-refractivity contribution is -0.139. The Bertz CT molecular complexity index is 533. The minimum Gasteiger partial charge on any atom is -0.481 e. The minimum absolute atomic E-state index is 0.163. The Morgan fingerprint density at radius 3 is 2.62 bits per heavy atom. The molecule has 21 heavy (non-hydrogen) atoms. The molecule has 6 nitrogen and oxygen atoms in total. The first-order valence-corrected chi connectivity index (χ1v) is 7.04. The van der Waals surface area contributed by atoms with Crippen LogP contribution in [-0.2, 0) is 9.53 Å². The summed E-state index contributed by atoms with van der Waals surface area (Å²) < 4.78 is 5.22. The average molecular weight is 333 g/mol. The monoisotopic (exact) mass is 332 g/mol. The summed E-state index contributed by atoms with van der Waals surface area (Å²) in [5.41, 5.74) is 0.457. The molecule has 0 aliphatic carbocycles. The van der Waals surface area contributed by atoms with Gasteiger partial charge in [0, 0.05) is 22.3 Å². The Balaban J connectivity index is 2.08. The van der Waals surface area contributed by atoms with Crippen molar-refractivity contribution in [3.05, 3.63) is 28.2 Å². The number of halogens is 2. The van der Waals surface area contributed by atoms with E-state index in [0.717, 1.165) is 0 Å². The van der Waals surface area contributed by atoms with Crippen molar-refractivity contribution in [2.24, 2.45) is 0 Å². The first-order valence-electron chi connectivity index (χ1n) is 6.29. The molecule has 0 aromatic heterocycles. The van der Waals surface area contributed by atoms with Crippen molar-refractivity contribution in [3.8, 4) is 0 Å². The van der Waals surface area contributed by atoms with E-state index in [9.17, 15) is 9.59 Å². The molecule has 0 saturated carbocycles. The van der Waals surface area contributed by atoms with Gasteiger partial charge < -0.3 is 20.1 Å². The molecule has 1 fully saturated rings. The number of carbonyl (C=O) groups is 2. The fourth-order valence-corrected chi connectivity index (χ4v) is 2.64. The van der Waals surface area contributed by atoms with E-state index >= 15 is 0 Å². The molecule has 1 aromatic carbocycles. The number of nitrogens with zero attached hydrogens (tertiary/aromatic N) is 1. The molecule has 1 aliphatic rings. The number of rotatable bonds is 3. The highest BCUT2D eigenvalue weighted by Gasteiger charge is 2.29. The van der Waals surface area contributed by atoms with Crippen molar-refractivity contribution >= 4 is 40.9 Å². The van der Waals surface area contributed by atoms with Gasteiger partial charge in [0.05, 0.1) is 25.7 Å². The van der Waals surface area contributed by atoms with Gasteiger partial charge >= 0.3 is 12.0 Å². The fraction of sp³-hybridized carbons (Fsp3) is 0.385. The smallest absolute Gasteiger partial charge is 0.322 e. The summed E-state index contributed by atoms with van der Waals surface area (Å²) in [5, 5.41) is 12.4. The number of nitrogens with one attached hydrogen (secondary N) is 1. The molecule has 0 bridgehead atoms. The van der Waals surface area contributed by atoms with Gasteiger partial charge in [-0.15, -0.1) is 0 Å². The molecule has 1 atom stereocenters. The number of benzene rings is 1. The number of ether oxygens (including phenoxy) is 1. The van der Waals surface area contributed by atoms with Crippen LogP contribution in [0.2, 0.25) is 10.0 Å². The summed E-state index contributed by atoms with van der Waals surface area (Å²) in [6, 6.07) is 3.80. The molecular formula is C13H14Cl2N2O4. The number of urea groups is 1. The van der Waals surface area contributed by atoms with Crippen LogP contribution < -0.4 is 5.32 Å². The number of aliphatic carboxylic acids is 1. The van der Waals surface area contributed by atoms with Crippen molar-refractivity contribution in [3.63, 3.8) is 0 Å². The molecule has 1 saturated heterocycles. The molecule has 1 aromatic rings. The number of hydrogen-bond donors (Lipinski definition) is 2. The lowest BCUT2D eigenvalue weighted by Crippen LogP contribution is -2.51. The van der Waals surface area contributed by atoms with Crippen LogP contribution in [0.5, 0.6) is 0 Å². The quantitative estimate of drug-likeness (QED) is 0.891. The van der Waals surface area contributed by atoms with E-state index in [1.807, 2.05) is 0 Å². The number of carbonyl (C=O) groups excluding carboxylic acids is 1. The first-order chi connectivity index (χ1) is 9.95. The van der Waals surface area contributed by atoms with Crippen molar-refractivity contribution in [2.75, 3.05) is 25.1 Å². The number of carboxylic acids is 1. The highest BCUT2D eigenvalue weighted by atomic mass is 35.5. The number of amides is 2. The maximum absolute atomic E-state index is 12.3. The van der Waals surface area contributed by atoms with E-state index in [1.54, 1.807) is 18.2 Å². The maximum atomic E-state index is 12.3. The van der Waals surface area contributed by atoms with Crippen LogP contribution in [0.15, 0.2) is 18.2 Å². The fourth-order valence-electron chi connectivity index (χ4n) is 2.11. The van der Waals surface area contributed by atoms with Crippen LogP contribution in [-0.4, -0.2) is 47.8 Å². The molecule has 0 spiro atoms. The molecule has 2 N–H and O–H groups in total. The standard InChI is InChI=1S/C13H14Cl2N2O4/c14-8-3-9(15)5-10(4-8)16-13(20)17-1-2-21-7-11(17)6-12(18)19/h3-5,11H,1-2,6-7H2,(H,16,20)(H,18,19). The summed E-state index contributed by atoms with van der Waals surface area (Å²) in [6.07, 6.45) is -0.163. The van der Waals surface area contributed by atoms with Gasteiger partial charge in [-0.05, 0) is 18.2 Å². The summed E-state index contributed by atoms with van der Waals surface area (Å²) in [5.74, 6) is -0.978. The summed E-state index contributed by atoms with van der Waals surface area (Å²) in [4.78, 5) is 24.5. The summed E-state index contributed by atoms with van der Waals surface area (Å²) in [6.45, 7) is 0.911. The summed E-state index contributed by atoms with van der Waals surface area (Å²) >= 11 is 11.7. The number of anilines is 1. The molecule has 2 amide bonds. The predicted octanol–water partition coefficient (Wildman–Crippen LogP) is 2.70. The zero-order valence-corrected chi connectivity index (χ0v) is 12.5. The van der Waals surface area contributed by atoms with Crippen LogP contribution in [0, 0.1) is 0 Å². The predicted molar refractivity (Wildman–Crippen MR) is 79.0 cm³/mol. The van der Waals surface area contributed by atoms with Crippen LogP contribution >= 0.6 is 23.2 Å². The van der Waals surface area contributed by atoms with Crippen molar-refractivity contribution in [2.45, 2.75) is 12.5 Å². The SMILES string of the molecule is O=C(O)CC1COCCN1C(=O)Nc1cc(Cl)cc(Cl)c1. The third-order valence-electron chi connectivity index (χ3n) is 3.01. The van der Waals surface area contributed by atoms with Crippen molar-refractivity contribution < 1.29 is 19.4 Å². The van der Waals surface area contributed by atoms with Gasteiger partial charge in [0.15, 0.2) is 0 Å². The van der Waals surface area contributed by atoms with Gasteiger partial charge in [-0.1, -0.05) is 23.2 Å². The first kappa shape index (κ1) is 15.9. The third kappa shape index (κ3) is 4.49. The Morgan fingerprint density at radius 2 is 2.00 bits per heavy atom. The van der Waals surface area contributed by atoms with Crippen LogP contribution in [0.1, 0.15) is 6.42 Å². The Labute approximate surface area is 131 Å². The van der Waals surface area contributed by atoms with E-state index < -0.39 is 18.0 Å². The topological polar surface area (TPSA) is 78.9 Å². The second-order valence-electron chi connectivity index (χ2n) is 4.61. The summed E-state index contributed by atoms with van der Waals surface area (Å²) in [7, 11) is 0. The molecular weight excluding hydrogens is 319 g/mol. The second kappa shape index (κ2) is 6.98. The van der Waals surface area contributed by atoms with Crippen LogP contribution in [0.3, 0.4) is 0 Å². The largest absolute Gasteiger partial charge is 0.481 e. The van der Waals surface area contributed by atoms with Crippen molar-refractivity contribution in [1.29, 1.82) is 0 Å². The molecule has 0 radical (unpaired) electrons. The second-order valence-corrected chi connectivity index (χ2v) is 5.48. The van der Waals surface area contributed by atoms with E-state index in [0.29, 0.717) is 28.9 Å². The van der Waals surface area contributed by atoms with Gasteiger partial charge in [0.25, 0.3) is 0 Å². The molecule has 1 unspecified atom stereocenters. The van der Waals surface area contributed by atoms with Crippen molar-refractivity contribution in [1.82, 2.24) is 4.90 Å². The molecule has 8 heteroatoms. The van der Waals surface area contributed by atoms with E-state index in [4.69, 9.17) is 33.0 Å². The highest BCUT2D eigenvalue weighted by Crippen LogP contribution is 2.23. The molecule has 1 aliphatic heterocycles. The van der Waals surface area contributed by atoms with Gasteiger partial charge in [-0.3, -0.25) is 4.79 Å². The van der Waals surface area contributed by atoms with Gasteiger partial charge in [-0.25, -0.2) is 4.79 Å². The van der Waals surface area contributed by atoms with Crippen LogP contribution in [0.25, 0.3) is 0 Å². The van der Waals surface area contributed by atoms with Gasteiger partial charge in [0.2, 0.25) is 0 Å².